The van der Waals surface area contributed by atoms with Gasteiger partial charge in [0.1, 0.15) is 0 Å². The number of nitrogens with zero attached hydrogens (tertiary/aromatic N) is 3. The SMILES string of the molecule is CN=C(NCC1CCN(Cc2csc(C)n2)CC1)NC1CCC(C)(C)CC1. The van der Waals surface area contributed by atoms with Gasteiger partial charge in [0.15, 0.2) is 5.96 Å². The van der Waals surface area contributed by atoms with Crippen LogP contribution in [0.4, 0.5) is 0 Å². The molecule has 2 fully saturated rings. The van der Waals surface area contributed by atoms with Crippen LogP contribution in [0.5, 0.6) is 0 Å². The van der Waals surface area contributed by atoms with Gasteiger partial charge in [-0.3, -0.25) is 9.89 Å². The summed E-state index contributed by atoms with van der Waals surface area (Å²) in [6, 6.07) is 0.577. The topological polar surface area (TPSA) is 52.6 Å². The Morgan fingerprint density at radius 2 is 1.96 bits per heavy atom. The van der Waals surface area contributed by atoms with Gasteiger partial charge in [-0.2, -0.15) is 0 Å². The number of aryl methyl sites for hydroxylation is 1. The number of likely N-dealkylation sites (tertiary alicyclic amines) is 1. The standard InChI is InChI=1S/C21H37N5S/c1-16-24-19(15-27-16)14-26-11-7-17(8-12-26)13-23-20(22-4)25-18-5-9-21(2,3)10-6-18/h15,17-18H,5-14H2,1-4H3,(H2,22,23,25). The van der Waals surface area contributed by atoms with Crippen molar-refractivity contribution in [2.45, 2.75) is 71.9 Å². The van der Waals surface area contributed by atoms with Crippen molar-refractivity contribution in [3.63, 3.8) is 0 Å². The van der Waals surface area contributed by atoms with Crippen LogP contribution in [0.15, 0.2) is 10.4 Å². The van der Waals surface area contributed by atoms with E-state index in [0.29, 0.717) is 11.5 Å². The summed E-state index contributed by atoms with van der Waals surface area (Å²) < 4.78 is 0. The average molecular weight is 392 g/mol. The highest BCUT2D eigenvalue weighted by molar-refractivity contribution is 7.09. The molecule has 0 unspecified atom stereocenters. The smallest absolute Gasteiger partial charge is 0.191 e. The molecule has 2 aliphatic rings. The maximum absolute atomic E-state index is 4.60. The first-order valence-corrected chi connectivity index (χ1v) is 11.4. The van der Waals surface area contributed by atoms with Crippen LogP contribution in [0.1, 0.15) is 63.1 Å². The number of hydrogen-bond donors (Lipinski definition) is 2. The van der Waals surface area contributed by atoms with Crippen molar-refractivity contribution in [1.29, 1.82) is 0 Å². The minimum Gasteiger partial charge on any atom is -0.356 e. The Hall–Kier alpha value is -1.14. The molecule has 1 aromatic heterocycles. The van der Waals surface area contributed by atoms with Crippen LogP contribution in [0.3, 0.4) is 0 Å². The Bertz CT molecular complexity index is 606. The van der Waals surface area contributed by atoms with E-state index < -0.39 is 0 Å². The van der Waals surface area contributed by atoms with Gasteiger partial charge in [0.25, 0.3) is 0 Å². The number of aliphatic imine (C=N–C) groups is 1. The molecule has 0 bridgehead atoms. The van der Waals surface area contributed by atoms with Gasteiger partial charge in [-0.15, -0.1) is 11.3 Å². The zero-order chi connectivity index (χ0) is 19.3. The van der Waals surface area contributed by atoms with Crippen LogP contribution in [-0.4, -0.2) is 48.6 Å². The molecule has 0 radical (unpaired) electrons. The second kappa shape index (κ2) is 9.37. The monoisotopic (exact) mass is 391 g/mol. The summed E-state index contributed by atoms with van der Waals surface area (Å²) in [5.41, 5.74) is 1.75. The normalized spacial score (nSPS) is 22.7. The van der Waals surface area contributed by atoms with E-state index in [1.165, 1.54) is 62.3 Å². The summed E-state index contributed by atoms with van der Waals surface area (Å²) in [6.07, 6.45) is 7.62. The van der Waals surface area contributed by atoms with E-state index in [1.54, 1.807) is 11.3 Å². The van der Waals surface area contributed by atoms with Crippen molar-refractivity contribution < 1.29 is 0 Å². The predicted molar refractivity (Wildman–Crippen MR) is 115 cm³/mol. The van der Waals surface area contributed by atoms with Crippen LogP contribution in [0.25, 0.3) is 0 Å². The molecule has 27 heavy (non-hydrogen) atoms. The molecule has 152 valence electrons. The minimum atomic E-state index is 0.514. The fourth-order valence-electron chi connectivity index (χ4n) is 4.23. The fourth-order valence-corrected chi connectivity index (χ4v) is 4.84. The van der Waals surface area contributed by atoms with E-state index in [0.717, 1.165) is 25.0 Å². The molecular formula is C21H37N5S. The quantitative estimate of drug-likeness (QED) is 0.592. The Morgan fingerprint density at radius 3 is 2.56 bits per heavy atom. The van der Waals surface area contributed by atoms with Crippen LogP contribution in [0, 0.1) is 18.3 Å². The summed E-state index contributed by atoms with van der Waals surface area (Å²) in [5.74, 6) is 1.72. The van der Waals surface area contributed by atoms with Gasteiger partial charge in [0.2, 0.25) is 0 Å². The van der Waals surface area contributed by atoms with Crippen LogP contribution < -0.4 is 10.6 Å². The molecule has 1 aliphatic carbocycles. The van der Waals surface area contributed by atoms with Crippen molar-refractivity contribution in [3.8, 4) is 0 Å². The predicted octanol–water partition coefficient (Wildman–Crippen LogP) is 3.80. The van der Waals surface area contributed by atoms with E-state index in [1.807, 2.05) is 7.05 Å². The Balaban J connectivity index is 1.35. The van der Waals surface area contributed by atoms with Crippen LogP contribution in [0.2, 0.25) is 0 Å². The second-order valence-corrected chi connectivity index (χ2v) is 10.2. The van der Waals surface area contributed by atoms with Crippen molar-refractivity contribution in [2.75, 3.05) is 26.7 Å². The number of guanidine groups is 1. The van der Waals surface area contributed by atoms with Gasteiger partial charge in [0, 0.05) is 31.6 Å². The van der Waals surface area contributed by atoms with Crippen molar-refractivity contribution in [1.82, 2.24) is 20.5 Å². The summed E-state index contributed by atoms with van der Waals surface area (Å²) in [5, 5.41) is 10.6. The fraction of sp³-hybridized carbons (Fsp3) is 0.810. The molecular weight excluding hydrogens is 354 g/mol. The lowest BCUT2D eigenvalue weighted by Crippen LogP contribution is -2.47. The summed E-state index contributed by atoms with van der Waals surface area (Å²) in [6.45, 7) is 11.2. The van der Waals surface area contributed by atoms with Gasteiger partial charge in [-0.1, -0.05) is 13.8 Å². The Morgan fingerprint density at radius 1 is 1.26 bits per heavy atom. The van der Waals surface area contributed by atoms with E-state index in [9.17, 15) is 0 Å². The first kappa shape index (κ1) is 20.6. The highest BCUT2D eigenvalue weighted by Gasteiger charge is 2.27. The van der Waals surface area contributed by atoms with Crippen molar-refractivity contribution in [3.05, 3.63) is 16.1 Å². The molecule has 1 aromatic rings. The van der Waals surface area contributed by atoms with E-state index in [2.05, 4.69) is 51.7 Å². The van der Waals surface area contributed by atoms with Gasteiger partial charge < -0.3 is 10.6 Å². The van der Waals surface area contributed by atoms with Gasteiger partial charge in [-0.25, -0.2) is 4.98 Å². The largest absolute Gasteiger partial charge is 0.356 e. The Kier molecular flexibility index (Phi) is 7.15. The second-order valence-electron chi connectivity index (χ2n) is 9.11. The average Bonchev–Trinajstić information content (AvgIpc) is 3.06. The number of nitrogens with one attached hydrogen (secondary N) is 2. The lowest BCUT2D eigenvalue weighted by atomic mass is 9.75. The Labute approximate surface area is 169 Å². The van der Waals surface area contributed by atoms with Crippen molar-refractivity contribution in [2.24, 2.45) is 16.3 Å². The van der Waals surface area contributed by atoms with Crippen LogP contribution in [-0.2, 0) is 6.54 Å². The van der Waals surface area contributed by atoms with Crippen molar-refractivity contribution >= 4 is 17.3 Å². The first-order chi connectivity index (χ1) is 12.9. The highest BCUT2D eigenvalue weighted by atomic mass is 32.1. The van der Waals surface area contributed by atoms with Gasteiger partial charge in [-0.05, 0) is 69.9 Å². The summed E-state index contributed by atoms with van der Waals surface area (Å²) in [7, 11) is 1.89. The third-order valence-corrected chi connectivity index (χ3v) is 7.04. The maximum Gasteiger partial charge on any atom is 0.191 e. The molecule has 6 heteroatoms. The molecule has 0 amide bonds. The molecule has 0 atom stereocenters. The summed E-state index contributed by atoms with van der Waals surface area (Å²) >= 11 is 1.75. The molecule has 2 heterocycles. The lowest BCUT2D eigenvalue weighted by molar-refractivity contribution is 0.176. The zero-order valence-electron chi connectivity index (χ0n) is 17.6. The molecule has 0 spiro atoms. The van der Waals surface area contributed by atoms with Crippen LogP contribution >= 0.6 is 11.3 Å². The number of aromatic nitrogens is 1. The minimum absolute atomic E-state index is 0.514. The van der Waals surface area contributed by atoms with E-state index in [-0.39, 0.29) is 0 Å². The zero-order valence-corrected chi connectivity index (χ0v) is 18.4. The molecule has 1 aliphatic heterocycles. The molecule has 1 saturated heterocycles. The lowest BCUT2D eigenvalue weighted by Gasteiger charge is -2.35. The number of hydrogen-bond acceptors (Lipinski definition) is 4. The number of thiazole rings is 1. The third kappa shape index (κ3) is 6.46. The summed E-state index contributed by atoms with van der Waals surface area (Å²) in [4.78, 5) is 11.6. The highest BCUT2D eigenvalue weighted by Crippen LogP contribution is 2.34. The number of piperidine rings is 1. The molecule has 3 rings (SSSR count). The maximum atomic E-state index is 4.60. The molecule has 5 nitrogen and oxygen atoms in total. The number of rotatable bonds is 5. The van der Waals surface area contributed by atoms with E-state index >= 15 is 0 Å². The van der Waals surface area contributed by atoms with E-state index in [4.69, 9.17) is 0 Å². The van der Waals surface area contributed by atoms with Gasteiger partial charge in [0.05, 0.1) is 10.7 Å². The molecule has 1 saturated carbocycles. The van der Waals surface area contributed by atoms with Gasteiger partial charge >= 0.3 is 0 Å². The molecule has 2 N–H and O–H groups in total. The first-order valence-electron chi connectivity index (χ1n) is 10.5. The molecule has 0 aromatic carbocycles. The third-order valence-electron chi connectivity index (χ3n) is 6.22.